The van der Waals surface area contributed by atoms with Crippen molar-refractivity contribution in [2.75, 3.05) is 17.6 Å². The quantitative estimate of drug-likeness (QED) is 0.488. The maximum atomic E-state index is 12.0. The van der Waals surface area contributed by atoms with Crippen molar-refractivity contribution in [3.8, 4) is 0 Å². The molecule has 2 rings (SSSR count). The molecule has 0 radical (unpaired) electrons. The first-order valence-corrected chi connectivity index (χ1v) is 10.8. The van der Waals surface area contributed by atoms with Crippen LogP contribution in [-0.2, 0) is 20.6 Å². The predicted octanol–water partition coefficient (Wildman–Crippen LogP) is 3.68. The molecule has 0 saturated heterocycles. The Morgan fingerprint density at radius 1 is 1.15 bits per heavy atom. The number of sulfonamides is 1. The molecule has 2 N–H and O–H groups in total. The molecule has 0 fully saturated rings. The largest absolute Gasteiger partial charge is 0.325 e. The fraction of sp³-hybridized carbons (Fsp3) is 0.167. The van der Waals surface area contributed by atoms with Crippen LogP contribution in [0.2, 0.25) is 5.02 Å². The number of carbonyl (C=O) groups excluding carboxylic acids is 1. The van der Waals surface area contributed by atoms with E-state index in [0.717, 1.165) is 4.90 Å². The Hall–Kier alpha value is -1.80. The highest BCUT2D eigenvalue weighted by atomic mass is 35.5. The van der Waals surface area contributed by atoms with E-state index < -0.39 is 10.0 Å². The predicted molar refractivity (Wildman–Crippen MR) is 108 cm³/mol. The third-order valence-corrected chi connectivity index (χ3v) is 6.07. The van der Waals surface area contributed by atoms with Crippen molar-refractivity contribution < 1.29 is 13.2 Å². The van der Waals surface area contributed by atoms with Crippen LogP contribution in [-0.4, -0.2) is 26.6 Å². The summed E-state index contributed by atoms with van der Waals surface area (Å²) in [7, 11) is -3.40. The Bertz CT molecular complexity index is 868. The van der Waals surface area contributed by atoms with Gasteiger partial charge in [0.25, 0.3) is 0 Å². The number of rotatable bonds is 9. The van der Waals surface area contributed by atoms with E-state index in [0.29, 0.717) is 16.3 Å². The van der Waals surface area contributed by atoms with E-state index >= 15 is 0 Å². The van der Waals surface area contributed by atoms with E-state index in [1.807, 2.05) is 18.2 Å². The first-order chi connectivity index (χ1) is 12.4. The molecular formula is C18H19ClN2O3S2. The van der Waals surface area contributed by atoms with Gasteiger partial charge in [-0.15, -0.1) is 18.3 Å². The van der Waals surface area contributed by atoms with Crippen LogP contribution in [0.4, 0.5) is 5.69 Å². The summed E-state index contributed by atoms with van der Waals surface area (Å²) in [5.74, 6) is -0.0640. The molecule has 0 atom stereocenters. The normalized spacial score (nSPS) is 11.1. The van der Waals surface area contributed by atoms with Crippen LogP contribution in [0.1, 0.15) is 5.56 Å². The van der Waals surface area contributed by atoms with Crippen molar-refractivity contribution in [3.05, 3.63) is 71.8 Å². The SMILES string of the molecule is C=CCNS(=O)(=O)Cc1ccc(NC(=O)CSc2ccccc2Cl)cc1. The third-order valence-electron chi connectivity index (χ3n) is 3.24. The Kier molecular flexibility index (Phi) is 7.71. The van der Waals surface area contributed by atoms with Crippen LogP contribution in [0, 0.1) is 0 Å². The average Bonchev–Trinajstić information content (AvgIpc) is 2.61. The number of benzene rings is 2. The second-order valence-electron chi connectivity index (χ2n) is 5.36. The van der Waals surface area contributed by atoms with Gasteiger partial charge in [0.15, 0.2) is 0 Å². The lowest BCUT2D eigenvalue weighted by Crippen LogP contribution is -2.25. The number of carbonyl (C=O) groups is 1. The highest BCUT2D eigenvalue weighted by Gasteiger charge is 2.11. The maximum Gasteiger partial charge on any atom is 0.234 e. The highest BCUT2D eigenvalue weighted by molar-refractivity contribution is 8.00. The maximum absolute atomic E-state index is 12.0. The fourth-order valence-corrected chi connectivity index (χ4v) is 4.19. The van der Waals surface area contributed by atoms with Gasteiger partial charge in [-0.05, 0) is 29.8 Å². The smallest absolute Gasteiger partial charge is 0.234 e. The minimum atomic E-state index is -3.40. The molecule has 0 aromatic heterocycles. The molecule has 1 amide bonds. The van der Waals surface area contributed by atoms with Gasteiger partial charge in [-0.3, -0.25) is 4.79 Å². The molecule has 0 aliphatic carbocycles. The highest BCUT2D eigenvalue weighted by Crippen LogP contribution is 2.26. The number of amides is 1. The molecule has 0 bridgehead atoms. The van der Waals surface area contributed by atoms with Crippen molar-refractivity contribution >= 4 is 45.0 Å². The van der Waals surface area contributed by atoms with Crippen LogP contribution in [0.5, 0.6) is 0 Å². The molecule has 0 spiro atoms. The van der Waals surface area contributed by atoms with E-state index in [1.165, 1.54) is 17.8 Å². The zero-order valence-corrected chi connectivity index (χ0v) is 16.3. The van der Waals surface area contributed by atoms with Crippen LogP contribution < -0.4 is 10.0 Å². The molecule has 5 nitrogen and oxygen atoms in total. The molecule has 0 heterocycles. The summed E-state index contributed by atoms with van der Waals surface area (Å²) in [6, 6.07) is 14.0. The van der Waals surface area contributed by atoms with Gasteiger partial charge in [0, 0.05) is 17.1 Å². The molecule has 138 valence electrons. The summed E-state index contributed by atoms with van der Waals surface area (Å²) in [4.78, 5) is 12.9. The minimum absolute atomic E-state index is 0.128. The molecular weight excluding hydrogens is 392 g/mol. The monoisotopic (exact) mass is 410 g/mol. The lowest BCUT2D eigenvalue weighted by Gasteiger charge is -2.08. The van der Waals surface area contributed by atoms with Gasteiger partial charge in [0.05, 0.1) is 16.5 Å². The first kappa shape index (κ1) is 20.5. The van der Waals surface area contributed by atoms with Crippen molar-refractivity contribution in [2.24, 2.45) is 0 Å². The van der Waals surface area contributed by atoms with Gasteiger partial charge in [0.1, 0.15) is 0 Å². The van der Waals surface area contributed by atoms with Gasteiger partial charge in [0.2, 0.25) is 15.9 Å². The van der Waals surface area contributed by atoms with Gasteiger partial charge < -0.3 is 5.32 Å². The number of halogens is 1. The number of nitrogens with one attached hydrogen (secondary N) is 2. The summed E-state index contributed by atoms with van der Waals surface area (Å²) in [6.45, 7) is 3.67. The van der Waals surface area contributed by atoms with Gasteiger partial charge in [-0.1, -0.05) is 41.9 Å². The molecule has 0 unspecified atom stereocenters. The van der Waals surface area contributed by atoms with Crippen LogP contribution in [0.15, 0.2) is 66.1 Å². The van der Waals surface area contributed by atoms with Crippen molar-refractivity contribution in [1.82, 2.24) is 4.72 Å². The minimum Gasteiger partial charge on any atom is -0.325 e. The van der Waals surface area contributed by atoms with Crippen LogP contribution in [0.3, 0.4) is 0 Å². The van der Waals surface area contributed by atoms with Crippen molar-refractivity contribution in [3.63, 3.8) is 0 Å². The molecule has 0 aliphatic rings. The van der Waals surface area contributed by atoms with Crippen molar-refractivity contribution in [1.29, 1.82) is 0 Å². The zero-order chi connectivity index (χ0) is 19.0. The summed E-state index contributed by atoms with van der Waals surface area (Å²) in [5.41, 5.74) is 1.24. The van der Waals surface area contributed by atoms with Gasteiger partial charge >= 0.3 is 0 Å². The second kappa shape index (κ2) is 9.78. The molecule has 0 saturated carbocycles. The van der Waals surface area contributed by atoms with Crippen LogP contribution in [0.25, 0.3) is 0 Å². The second-order valence-corrected chi connectivity index (χ2v) is 8.59. The Morgan fingerprint density at radius 2 is 1.85 bits per heavy atom. The summed E-state index contributed by atoms with van der Waals surface area (Å²) < 4.78 is 26.1. The third kappa shape index (κ3) is 6.84. The Balaban J connectivity index is 1.87. The zero-order valence-electron chi connectivity index (χ0n) is 13.9. The molecule has 2 aromatic carbocycles. The van der Waals surface area contributed by atoms with Crippen molar-refractivity contribution in [2.45, 2.75) is 10.6 Å². The number of anilines is 1. The van der Waals surface area contributed by atoms with Gasteiger partial charge in [-0.25, -0.2) is 13.1 Å². The Labute approximate surface area is 162 Å². The molecule has 0 aliphatic heterocycles. The lowest BCUT2D eigenvalue weighted by molar-refractivity contribution is -0.113. The summed E-state index contributed by atoms with van der Waals surface area (Å²) in [5, 5.41) is 3.39. The Morgan fingerprint density at radius 3 is 2.50 bits per heavy atom. The molecule has 26 heavy (non-hydrogen) atoms. The average molecular weight is 411 g/mol. The van der Waals surface area contributed by atoms with Crippen LogP contribution >= 0.6 is 23.4 Å². The molecule has 8 heteroatoms. The number of hydrogen-bond acceptors (Lipinski definition) is 4. The fourth-order valence-electron chi connectivity index (χ4n) is 2.04. The van der Waals surface area contributed by atoms with Gasteiger partial charge in [-0.2, -0.15) is 0 Å². The van der Waals surface area contributed by atoms with E-state index in [2.05, 4.69) is 16.6 Å². The summed E-state index contributed by atoms with van der Waals surface area (Å²) in [6.07, 6.45) is 1.48. The van der Waals surface area contributed by atoms with E-state index in [-0.39, 0.29) is 24.0 Å². The van der Waals surface area contributed by atoms with E-state index in [1.54, 1.807) is 30.3 Å². The molecule has 2 aromatic rings. The summed E-state index contributed by atoms with van der Waals surface area (Å²) >= 11 is 7.41. The van der Waals surface area contributed by atoms with E-state index in [9.17, 15) is 13.2 Å². The lowest BCUT2D eigenvalue weighted by atomic mass is 10.2. The van der Waals surface area contributed by atoms with E-state index in [4.69, 9.17) is 11.6 Å². The number of hydrogen-bond donors (Lipinski definition) is 2. The first-order valence-electron chi connectivity index (χ1n) is 7.74. The topological polar surface area (TPSA) is 75.3 Å². The standard InChI is InChI=1S/C18H19ClN2O3S2/c1-2-11-20-26(23,24)13-14-7-9-15(10-8-14)21-18(22)12-25-17-6-4-3-5-16(17)19/h2-10,20H,1,11-13H2,(H,21,22). The number of thioether (sulfide) groups is 1.